The zero-order valence-electron chi connectivity index (χ0n) is 15.7. The zero-order valence-corrected chi connectivity index (χ0v) is 16.5. The van der Waals surface area contributed by atoms with E-state index < -0.39 is 15.8 Å². The summed E-state index contributed by atoms with van der Waals surface area (Å²) in [6, 6.07) is 21.7. The summed E-state index contributed by atoms with van der Waals surface area (Å²) in [5.74, 6) is -0.978. The van der Waals surface area contributed by atoms with E-state index in [2.05, 4.69) is 0 Å². The van der Waals surface area contributed by atoms with E-state index in [4.69, 9.17) is 0 Å². The van der Waals surface area contributed by atoms with E-state index in [-0.39, 0.29) is 10.5 Å². The van der Waals surface area contributed by atoms with Crippen LogP contribution in [-0.4, -0.2) is 25.7 Å². The first-order valence-corrected chi connectivity index (χ1v) is 10.9. The number of benzene rings is 3. The Balaban J connectivity index is 1.91. The molecule has 3 aromatic carbocycles. The maximum Gasteiger partial charge on any atom is 0.335 e. The van der Waals surface area contributed by atoms with Crippen molar-refractivity contribution < 1.29 is 18.3 Å². The fourth-order valence-corrected chi connectivity index (χ4v) is 4.11. The molecule has 29 heavy (non-hydrogen) atoms. The zero-order chi connectivity index (χ0) is 20.6. The molecule has 0 bridgehead atoms. The number of fused-ring (bicyclic) bond motifs is 1. The second-order valence-electron chi connectivity index (χ2n) is 6.93. The van der Waals surface area contributed by atoms with Gasteiger partial charge in [-0.25, -0.2) is 13.2 Å². The van der Waals surface area contributed by atoms with Crippen LogP contribution in [0.3, 0.4) is 0 Å². The Labute approximate surface area is 169 Å². The molecule has 1 aliphatic carbocycles. The van der Waals surface area contributed by atoms with Crippen molar-refractivity contribution in [3.63, 3.8) is 0 Å². The molecule has 0 aromatic heterocycles. The molecule has 0 radical (unpaired) electrons. The minimum atomic E-state index is -3.31. The predicted molar refractivity (Wildman–Crippen MR) is 115 cm³/mol. The van der Waals surface area contributed by atoms with Crippen molar-refractivity contribution in [3.8, 4) is 0 Å². The van der Waals surface area contributed by atoms with Crippen LogP contribution in [0.4, 0.5) is 0 Å². The molecule has 0 fully saturated rings. The van der Waals surface area contributed by atoms with Crippen molar-refractivity contribution in [2.75, 3.05) is 6.26 Å². The molecule has 1 N–H and O–H groups in total. The Bertz CT molecular complexity index is 1280. The molecule has 1 aliphatic rings. The molecular formula is C24H18O4S. The number of carboxylic acid groups (broad SMARTS) is 1. The van der Waals surface area contributed by atoms with Gasteiger partial charge in [0.15, 0.2) is 9.84 Å². The maximum absolute atomic E-state index is 12.0. The number of hydrogen-bond donors (Lipinski definition) is 1. The highest BCUT2D eigenvalue weighted by Crippen LogP contribution is 2.43. The van der Waals surface area contributed by atoms with Gasteiger partial charge in [-0.05, 0) is 69.8 Å². The lowest BCUT2D eigenvalue weighted by Crippen LogP contribution is -1.98. The van der Waals surface area contributed by atoms with Crippen LogP contribution in [0.15, 0.2) is 77.7 Å². The van der Waals surface area contributed by atoms with Gasteiger partial charge in [0.25, 0.3) is 0 Å². The second-order valence-corrected chi connectivity index (χ2v) is 8.95. The maximum atomic E-state index is 12.0. The van der Waals surface area contributed by atoms with E-state index in [1.54, 1.807) is 30.3 Å². The van der Waals surface area contributed by atoms with Crippen LogP contribution < -0.4 is 0 Å². The van der Waals surface area contributed by atoms with Crippen molar-refractivity contribution in [1.82, 2.24) is 0 Å². The average molecular weight is 402 g/mol. The van der Waals surface area contributed by atoms with Gasteiger partial charge < -0.3 is 5.11 Å². The molecule has 0 atom stereocenters. The first-order chi connectivity index (χ1) is 13.8. The van der Waals surface area contributed by atoms with E-state index in [0.717, 1.165) is 33.4 Å². The van der Waals surface area contributed by atoms with Crippen LogP contribution in [0.2, 0.25) is 0 Å². The van der Waals surface area contributed by atoms with Crippen molar-refractivity contribution in [3.05, 3.63) is 101 Å². The molecule has 0 saturated heterocycles. The molecule has 0 aliphatic heterocycles. The monoisotopic (exact) mass is 402 g/mol. The number of allylic oxidation sites excluding steroid dienone is 2. The van der Waals surface area contributed by atoms with Gasteiger partial charge in [0.2, 0.25) is 0 Å². The van der Waals surface area contributed by atoms with E-state index in [0.29, 0.717) is 0 Å². The fraction of sp³-hybridized carbons (Fsp3) is 0.0417. The standard InChI is InChI=1S/C24H18O4S/c1-29(27,28)20-10-11-21-19(14-20)15-22(17-7-3-2-4-8-17)23(21)13-16-6-5-9-18(12-16)24(25)26/h2-15H,1H3,(H,25,26)/b23-13-. The van der Waals surface area contributed by atoms with Crippen molar-refractivity contribution >= 4 is 39.1 Å². The first kappa shape index (κ1) is 18.9. The molecule has 4 nitrogen and oxygen atoms in total. The molecular weight excluding hydrogens is 384 g/mol. The Kier molecular flexibility index (Phi) is 4.68. The molecule has 0 amide bonds. The molecule has 0 spiro atoms. The third-order valence-electron chi connectivity index (χ3n) is 4.86. The number of sulfone groups is 1. The van der Waals surface area contributed by atoms with E-state index in [1.807, 2.05) is 54.6 Å². The summed E-state index contributed by atoms with van der Waals surface area (Å²) in [6.45, 7) is 0. The number of aromatic carboxylic acids is 1. The number of hydrogen-bond acceptors (Lipinski definition) is 3. The topological polar surface area (TPSA) is 71.4 Å². The summed E-state index contributed by atoms with van der Waals surface area (Å²) in [5, 5.41) is 9.28. The smallest absolute Gasteiger partial charge is 0.335 e. The lowest BCUT2D eigenvalue weighted by molar-refractivity contribution is 0.0697. The van der Waals surface area contributed by atoms with Crippen LogP contribution >= 0.6 is 0 Å². The number of carboxylic acids is 1. The normalized spacial score (nSPS) is 14.5. The SMILES string of the molecule is CS(=O)(=O)c1ccc2c(c1)C=C(c1ccccc1)/C2=C\c1cccc(C(=O)O)c1. The fourth-order valence-electron chi connectivity index (χ4n) is 3.45. The lowest BCUT2D eigenvalue weighted by Gasteiger charge is -2.09. The van der Waals surface area contributed by atoms with E-state index in [1.165, 1.54) is 6.26 Å². The van der Waals surface area contributed by atoms with Gasteiger partial charge in [-0.15, -0.1) is 0 Å². The summed E-state index contributed by atoms with van der Waals surface area (Å²) in [6.07, 6.45) is 5.11. The first-order valence-electron chi connectivity index (χ1n) is 9.00. The minimum absolute atomic E-state index is 0.218. The lowest BCUT2D eigenvalue weighted by atomic mass is 9.95. The van der Waals surface area contributed by atoms with Gasteiger partial charge in [-0.3, -0.25) is 0 Å². The third-order valence-corrected chi connectivity index (χ3v) is 5.97. The van der Waals surface area contributed by atoms with Crippen LogP contribution in [0.25, 0.3) is 23.3 Å². The second kappa shape index (κ2) is 7.18. The summed E-state index contributed by atoms with van der Waals surface area (Å²) in [5.41, 5.74) is 5.62. The van der Waals surface area contributed by atoms with Gasteiger partial charge >= 0.3 is 5.97 Å². The van der Waals surface area contributed by atoms with Gasteiger partial charge in [0.05, 0.1) is 10.5 Å². The Hall–Kier alpha value is -3.44. The third kappa shape index (κ3) is 3.77. The van der Waals surface area contributed by atoms with Gasteiger partial charge in [-0.1, -0.05) is 48.5 Å². The van der Waals surface area contributed by atoms with Gasteiger partial charge in [0.1, 0.15) is 0 Å². The summed E-state index contributed by atoms with van der Waals surface area (Å²) in [4.78, 5) is 11.6. The molecule has 4 rings (SSSR count). The Morgan fingerprint density at radius 3 is 2.38 bits per heavy atom. The highest BCUT2D eigenvalue weighted by atomic mass is 32.2. The minimum Gasteiger partial charge on any atom is -0.478 e. The Morgan fingerprint density at radius 2 is 1.69 bits per heavy atom. The summed E-state index contributed by atoms with van der Waals surface area (Å²) >= 11 is 0. The highest BCUT2D eigenvalue weighted by Gasteiger charge is 2.22. The van der Waals surface area contributed by atoms with Gasteiger partial charge in [-0.2, -0.15) is 0 Å². The van der Waals surface area contributed by atoms with Crippen molar-refractivity contribution in [1.29, 1.82) is 0 Å². The Morgan fingerprint density at radius 1 is 0.931 bits per heavy atom. The number of rotatable bonds is 4. The molecule has 0 saturated carbocycles. The molecule has 144 valence electrons. The number of carbonyl (C=O) groups is 1. The summed E-state index contributed by atoms with van der Waals surface area (Å²) < 4.78 is 23.9. The largest absolute Gasteiger partial charge is 0.478 e. The van der Waals surface area contributed by atoms with Crippen LogP contribution in [0, 0.1) is 0 Å². The molecule has 3 aromatic rings. The molecule has 0 unspecified atom stereocenters. The van der Waals surface area contributed by atoms with Crippen LogP contribution in [0.1, 0.15) is 32.6 Å². The highest BCUT2D eigenvalue weighted by molar-refractivity contribution is 7.90. The molecule has 0 heterocycles. The van der Waals surface area contributed by atoms with Crippen molar-refractivity contribution in [2.24, 2.45) is 0 Å². The van der Waals surface area contributed by atoms with Crippen molar-refractivity contribution in [2.45, 2.75) is 4.90 Å². The van der Waals surface area contributed by atoms with E-state index in [9.17, 15) is 18.3 Å². The van der Waals surface area contributed by atoms with E-state index >= 15 is 0 Å². The quantitative estimate of drug-likeness (QED) is 0.675. The average Bonchev–Trinajstić information content (AvgIpc) is 3.06. The van der Waals surface area contributed by atoms with Gasteiger partial charge in [0, 0.05) is 6.26 Å². The van der Waals surface area contributed by atoms with Crippen LogP contribution in [0.5, 0.6) is 0 Å². The van der Waals surface area contributed by atoms with Crippen LogP contribution in [-0.2, 0) is 9.84 Å². The predicted octanol–water partition coefficient (Wildman–Crippen LogP) is 4.88. The molecule has 5 heteroatoms. The summed E-state index contributed by atoms with van der Waals surface area (Å²) in [7, 11) is -3.31.